The van der Waals surface area contributed by atoms with Crippen LogP contribution in [0.5, 0.6) is 0 Å². The van der Waals surface area contributed by atoms with Crippen LogP contribution in [0.1, 0.15) is 18.1 Å². The molecule has 8 nitrogen and oxygen atoms in total. The molecule has 0 unspecified atom stereocenters. The van der Waals surface area contributed by atoms with E-state index in [4.69, 9.17) is 0 Å². The molecule has 0 saturated carbocycles. The zero-order valence-electron chi connectivity index (χ0n) is 15.9. The van der Waals surface area contributed by atoms with E-state index in [-0.39, 0.29) is 19.0 Å². The van der Waals surface area contributed by atoms with Crippen molar-refractivity contribution in [1.29, 1.82) is 0 Å². The molecule has 0 aromatic heterocycles. The van der Waals surface area contributed by atoms with Gasteiger partial charge in [-0.15, -0.1) is 0 Å². The van der Waals surface area contributed by atoms with Gasteiger partial charge in [-0.05, 0) is 38.0 Å². The van der Waals surface area contributed by atoms with Gasteiger partial charge < -0.3 is 9.80 Å². The monoisotopic (exact) mass is 372 g/mol. The Bertz CT molecular complexity index is 799. The summed E-state index contributed by atoms with van der Waals surface area (Å²) < 4.78 is 0. The molecular weight excluding hydrogens is 348 g/mol. The van der Waals surface area contributed by atoms with Crippen LogP contribution in [-0.2, 0) is 14.4 Å². The number of nitrogens with zero attached hydrogens (tertiary/aromatic N) is 4. The first kappa shape index (κ1) is 18.9. The van der Waals surface area contributed by atoms with E-state index in [1.54, 1.807) is 11.8 Å². The van der Waals surface area contributed by atoms with Crippen LogP contribution in [0.3, 0.4) is 0 Å². The SMILES string of the molecule is CCN1C(=O)C(=O)N(CC(=O)N2CCN(c3cccc(C)c3C)CC2)C1=O. The van der Waals surface area contributed by atoms with Gasteiger partial charge in [0.15, 0.2) is 0 Å². The molecular formula is C19H24N4O4. The second-order valence-corrected chi connectivity index (χ2v) is 6.81. The van der Waals surface area contributed by atoms with Crippen LogP contribution >= 0.6 is 0 Å². The number of likely N-dealkylation sites (N-methyl/N-ethyl adjacent to an activating group) is 1. The van der Waals surface area contributed by atoms with Crippen molar-refractivity contribution in [2.75, 3.05) is 44.2 Å². The largest absolute Gasteiger partial charge is 0.368 e. The van der Waals surface area contributed by atoms with Crippen molar-refractivity contribution >= 4 is 29.4 Å². The van der Waals surface area contributed by atoms with Crippen LogP contribution < -0.4 is 4.90 Å². The minimum atomic E-state index is -0.927. The van der Waals surface area contributed by atoms with Gasteiger partial charge in [-0.25, -0.2) is 9.69 Å². The Morgan fingerprint density at radius 1 is 0.963 bits per heavy atom. The highest BCUT2D eigenvalue weighted by molar-refractivity contribution is 6.45. The van der Waals surface area contributed by atoms with Crippen molar-refractivity contribution in [2.45, 2.75) is 20.8 Å². The lowest BCUT2D eigenvalue weighted by Gasteiger charge is -2.37. The number of anilines is 1. The Balaban J connectivity index is 1.61. The number of imide groups is 2. The predicted octanol–water partition coefficient (Wildman–Crippen LogP) is 0.763. The summed E-state index contributed by atoms with van der Waals surface area (Å²) in [5, 5.41) is 0. The summed E-state index contributed by atoms with van der Waals surface area (Å²) >= 11 is 0. The number of piperazine rings is 1. The number of rotatable bonds is 4. The molecule has 2 aliphatic rings. The molecule has 0 N–H and O–H groups in total. The summed E-state index contributed by atoms with van der Waals surface area (Å²) in [5.41, 5.74) is 3.61. The first-order valence-electron chi connectivity index (χ1n) is 9.11. The number of aryl methyl sites for hydroxylation is 1. The molecule has 0 bridgehead atoms. The van der Waals surface area contributed by atoms with E-state index in [0.29, 0.717) is 26.2 Å². The third-order valence-electron chi connectivity index (χ3n) is 5.29. The van der Waals surface area contributed by atoms with Crippen molar-refractivity contribution < 1.29 is 19.2 Å². The molecule has 1 aromatic rings. The maximum atomic E-state index is 12.5. The second kappa shape index (κ2) is 7.38. The molecule has 0 aliphatic carbocycles. The van der Waals surface area contributed by atoms with Gasteiger partial charge in [0.2, 0.25) is 5.91 Å². The first-order valence-corrected chi connectivity index (χ1v) is 9.11. The fraction of sp³-hybridized carbons (Fsp3) is 0.474. The molecule has 2 heterocycles. The normalized spacial score (nSPS) is 18.0. The van der Waals surface area contributed by atoms with E-state index in [0.717, 1.165) is 15.5 Å². The molecule has 144 valence electrons. The minimum absolute atomic E-state index is 0.114. The van der Waals surface area contributed by atoms with Crippen LogP contribution in [0.25, 0.3) is 0 Å². The van der Waals surface area contributed by atoms with E-state index in [2.05, 4.69) is 30.9 Å². The quantitative estimate of drug-likeness (QED) is 0.576. The lowest BCUT2D eigenvalue weighted by Crippen LogP contribution is -2.52. The van der Waals surface area contributed by atoms with Crippen molar-refractivity contribution in [3.8, 4) is 0 Å². The van der Waals surface area contributed by atoms with Gasteiger partial charge in [0.1, 0.15) is 6.54 Å². The molecule has 0 spiro atoms. The molecule has 8 heteroatoms. The third kappa shape index (κ3) is 3.39. The predicted molar refractivity (Wildman–Crippen MR) is 99.2 cm³/mol. The zero-order chi connectivity index (χ0) is 19.7. The fourth-order valence-electron chi connectivity index (χ4n) is 3.48. The number of hydrogen-bond acceptors (Lipinski definition) is 5. The van der Waals surface area contributed by atoms with Crippen LogP contribution in [0.15, 0.2) is 18.2 Å². The Kier molecular flexibility index (Phi) is 5.16. The van der Waals surface area contributed by atoms with Crippen molar-refractivity contribution in [1.82, 2.24) is 14.7 Å². The molecule has 0 atom stereocenters. The summed E-state index contributed by atoms with van der Waals surface area (Å²) in [6.07, 6.45) is 0. The van der Waals surface area contributed by atoms with Gasteiger partial charge >= 0.3 is 17.8 Å². The lowest BCUT2D eigenvalue weighted by atomic mass is 10.1. The Hall–Kier alpha value is -2.90. The van der Waals surface area contributed by atoms with Crippen molar-refractivity contribution in [2.24, 2.45) is 0 Å². The van der Waals surface area contributed by atoms with E-state index in [1.807, 2.05) is 6.07 Å². The summed E-state index contributed by atoms with van der Waals surface area (Å²) in [5.74, 6) is -2.11. The van der Waals surface area contributed by atoms with Gasteiger partial charge in [-0.2, -0.15) is 0 Å². The van der Waals surface area contributed by atoms with Crippen molar-refractivity contribution in [3.05, 3.63) is 29.3 Å². The van der Waals surface area contributed by atoms with Gasteiger partial charge in [-0.3, -0.25) is 19.3 Å². The smallest absolute Gasteiger partial charge is 0.334 e. The summed E-state index contributed by atoms with van der Waals surface area (Å²) in [6.45, 7) is 7.87. The summed E-state index contributed by atoms with van der Waals surface area (Å²) in [6, 6.07) is 5.46. The van der Waals surface area contributed by atoms with Crippen LogP contribution in [-0.4, -0.2) is 77.7 Å². The average Bonchev–Trinajstić information content (AvgIpc) is 2.87. The Morgan fingerprint density at radius 3 is 2.19 bits per heavy atom. The van der Waals surface area contributed by atoms with Crippen molar-refractivity contribution in [3.63, 3.8) is 0 Å². The lowest BCUT2D eigenvalue weighted by molar-refractivity contribution is -0.144. The zero-order valence-corrected chi connectivity index (χ0v) is 15.9. The number of hydrogen-bond donors (Lipinski definition) is 0. The Morgan fingerprint density at radius 2 is 1.59 bits per heavy atom. The van der Waals surface area contributed by atoms with E-state index < -0.39 is 17.8 Å². The third-order valence-corrected chi connectivity index (χ3v) is 5.29. The molecule has 3 rings (SSSR count). The molecule has 27 heavy (non-hydrogen) atoms. The highest BCUT2D eigenvalue weighted by atomic mass is 16.2. The second-order valence-electron chi connectivity index (χ2n) is 6.81. The topological polar surface area (TPSA) is 81.2 Å². The summed E-state index contributed by atoms with van der Waals surface area (Å²) in [4.78, 5) is 53.8. The van der Waals surface area contributed by atoms with Gasteiger partial charge in [0.25, 0.3) is 0 Å². The van der Waals surface area contributed by atoms with E-state index >= 15 is 0 Å². The molecule has 1 aromatic carbocycles. The van der Waals surface area contributed by atoms with Crippen LogP contribution in [0.2, 0.25) is 0 Å². The highest BCUT2D eigenvalue weighted by Crippen LogP contribution is 2.24. The van der Waals surface area contributed by atoms with Gasteiger partial charge in [0.05, 0.1) is 0 Å². The number of carbonyl (C=O) groups excluding carboxylic acids is 4. The highest BCUT2D eigenvalue weighted by Gasteiger charge is 2.44. The van der Waals surface area contributed by atoms with E-state index in [9.17, 15) is 19.2 Å². The fourth-order valence-corrected chi connectivity index (χ4v) is 3.48. The molecule has 5 amide bonds. The Labute approximate surface area is 158 Å². The first-order chi connectivity index (χ1) is 12.8. The van der Waals surface area contributed by atoms with E-state index in [1.165, 1.54) is 11.1 Å². The average molecular weight is 372 g/mol. The molecule has 2 fully saturated rings. The maximum Gasteiger partial charge on any atom is 0.334 e. The van der Waals surface area contributed by atoms with Gasteiger partial charge in [0, 0.05) is 38.4 Å². The number of amides is 5. The number of benzene rings is 1. The standard InChI is InChI=1S/C19H24N4O4/c1-4-22-17(25)18(26)23(19(22)27)12-16(24)21-10-8-20(9-11-21)15-7-5-6-13(2)14(15)3/h5-7H,4,8-12H2,1-3H3. The number of carbonyl (C=O) groups is 4. The maximum absolute atomic E-state index is 12.5. The molecule has 0 radical (unpaired) electrons. The van der Waals surface area contributed by atoms with Crippen LogP contribution in [0, 0.1) is 13.8 Å². The minimum Gasteiger partial charge on any atom is -0.368 e. The van der Waals surface area contributed by atoms with Crippen LogP contribution in [0.4, 0.5) is 10.5 Å². The van der Waals surface area contributed by atoms with Gasteiger partial charge in [-0.1, -0.05) is 12.1 Å². The molecule has 2 aliphatic heterocycles. The molecule has 2 saturated heterocycles. The number of urea groups is 1. The summed E-state index contributed by atoms with van der Waals surface area (Å²) in [7, 11) is 0.